The lowest BCUT2D eigenvalue weighted by atomic mass is 10.0. The van der Waals surface area contributed by atoms with Gasteiger partial charge in [0, 0.05) is 22.1 Å². The summed E-state index contributed by atoms with van der Waals surface area (Å²) in [5.41, 5.74) is 4.70. The van der Waals surface area contributed by atoms with E-state index in [0.717, 1.165) is 27.6 Å². The highest BCUT2D eigenvalue weighted by molar-refractivity contribution is 6.10. The van der Waals surface area contributed by atoms with Crippen LogP contribution in [0.25, 0.3) is 27.6 Å². The van der Waals surface area contributed by atoms with Crippen LogP contribution in [0.3, 0.4) is 0 Å². The summed E-state index contributed by atoms with van der Waals surface area (Å²) in [7, 11) is 0. The summed E-state index contributed by atoms with van der Waals surface area (Å²) in [5.74, 6) is -0.0206. The van der Waals surface area contributed by atoms with E-state index in [4.69, 9.17) is 9.97 Å². The molecule has 0 atom stereocenters. The van der Waals surface area contributed by atoms with E-state index in [1.165, 1.54) is 0 Å². The molecular formula is C28H18N4O2. The molecule has 0 aliphatic heterocycles. The number of hydrogen-bond donors (Lipinski definition) is 1. The topological polar surface area (TPSA) is 76.4 Å². The Morgan fingerprint density at radius 2 is 1.24 bits per heavy atom. The van der Waals surface area contributed by atoms with Crippen LogP contribution in [0.1, 0.15) is 26.3 Å². The Labute approximate surface area is 194 Å². The third kappa shape index (κ3) is 3.29. The van der Waals surface area contributed by atoms with Crippen LogP contribution in [-0.2, 0) is 0 Å². The summed E-state index contributed by atoms with van der Waals surface area (Å²) in [5, 5.41) is 3.84. The van der Waals surface area contributed by atoms with Gasteiger partial charge in [-0.25, -0.2) is 9.97 Å². The maximum absolute atomic E-state index is 13.1. The first-order chi connectivity index (χ1) is 16.7. The van der Waals surface area contributed by atoms with E-state index < -0.39 is 0 Å². The minimum atomic E-state index is -0.319. The number of fused-ring (bicyclic) bond motifs is 5. The van der Waals surface area contributed by atoms with Crippen LogP contribution in [0.2, 0.25) is 0 Å². The van der Waals surface area contributed by atoms with Crippen LogP contribution >= 0.6 is 0 Å². The molecule has 162 valence electrons. The zero-order chi connectivity index (χ0) is 23.1. The molecule has 0 saturated carbocycles. The Kier molecular flexibility index (Phi) is 4.63. The Bertz CT molecular complexity index is 1700. The fraction of sp³-hybridized carbons (Fsp3) is 0. The normalized spacial score (nSPS) is 11.2. The molecule has 0 aliphatic rings. The van der Waals surface area contributed by atoms with E-state index in [9.17, 15) is 9.59 Å². The average Bonchev–Trinajstić information content (AvgIpc) is 3.29. The monoisotopic (exact) mass is 442 g/mol. The summed E-state index contributed by atoms with van der Waals surface area (Å²) in [6.45, 7) is 0. The van der Waals surface area contributed by atoms with Crippen LogP contribution in [0.4, 0.5) is 5.95 Å². The average molecular weight is 442 g/mol. The number of rotatable bonds is 4. The van der Waals surface area contributed by atoms with Crippen molar-refractivity contribution in [2.24, 2.45) is 0 Å². The summed E-state index contributed by atoms with van der Waals surface area (Å²) >= 11 is 0. The summed E-state index contributed by atoms with van der Waals surface area (Å²) in [6.07, 6.45) is 0. The van der Waals surface area contributed by atoms with Gasteiger partial charge in [0.2, 0.25) is 5.95 Å². The third-order valence-electron chi connectivity index (χ3n) is 5.81. The van der Waals surface area contributed by atoms with E-state index in [0.29, 0.717) is 22.6 Å². The number of carbonyl (C=O) groups is 2. The van der Waals surface area contributed by atoms with Crippen molar-refractivity contribution in [3.05, 3.63) is 120 Å². The van der Waals surface area contributed by atoms with Crippen LogP contribution in [-0.4, -0.2) is 26.1 Å². The largest absolute Gasteiger partial charge is 0.291 e. The Morgan fingerprint density at radius 3 is 2.03 bits per heavy atom. The molecule has 0 saturated heterocycles. The quantitative estimate of drug-likeness (QED) is 0.365. The highest BCUT2D eigenvalue weighted by Gasteiger charge is 2.17. The molecule has 0 fully saturated rings. The second-order valence-corrected chi connectivity index (χ2v) is 7.94. The van der Waals surface area contributed by atoms with Crippen LogP contribution in [0.5, 0.6) is 0 Å². The number of imidazole rings is 1. The molecule has 6 heteroatoms. The van der Waals surface area contributed by atoms with E-state index in [1.807, 2.05) is 71.1 Å². The first-order valence-corrected chi connectivity index (χ1v) is 10.9. The first-order valence-electron chi connectivity index (χ1n) is 10.9. The van der Waals surface area contributed by atoms with Gasteiger partial charge in [0.05, 0.1) is 16.6 Å². The molecule has 0 unspecified atom stereocenters. The molecule has 1 amide bonds. The second-order valence-electron chi connectivity index (χ2n) is 7.94. The van der Waals surface area contributed by atoms with Gasteiger partial charge in [-0.1, -0.05) is 66.7 Å². The zero-order valence-electron chi connectivity index (χ0n) is 18.0. The van der Waals surface area contributed by atoms with Gasteiger partial charge in [0.25, 0.3) is 5.91 Å². The SMILES string of the molecule is O=C(Nc1nc2ccccc2c2nc3ccccc3n12)c1ccc(C(=O)c2ccccc2)cc1. The van der Waals surface area contributed by atoms with E-state index >= 15 is 0 Å². The van der Waals surface area contributed by atoms with Gasteiger partial charge in [-0.15, -0.1) is 0 Å². The van der Waals surface area contributed by atoms with Gasteiger partial charge >= 0.3 is 0 Å². The number of carbonyl (C=O) groups excluding carboxylic acids is 2. The van der Waals surface area contributed by atoms with Crippen LogP contribution in [0.15, 0.2) is 103 Å². The first kappa shape index (κ1) is 19.8. The van der Waals surface area contributed by atoms with Gasteiger partial charge in [0.1, 0.15) is 5.65 Å². The van der Waals surface area contributed by atoms with Gasteiger partial charge < -0.3 is 0 Å². The number of ketones is 1. The van der Waals surface area contributed by atoms with Gasteiger partial charge in [-0.2, -0.15) is 0 Å². The highest BCUT2D eigenvalue weighted by atomic mass is 16.1. The van der Waals surface area contributed by atoms with Crippen molar-refractivity contribution in [1.29, 1.82) is 0 Å². The summed E-state index contributed by atoms with van der Waals surface area (Å²) in [6, 6.07) is 31.2. The molecule has 0 aliphatic carbocycles. The zero-order valence-corrected chi connectivity index (χ0v) is 18.0. The molecule has 0 radical (unpaired) electrons. The Morgan fingerprint density at radius 1 is 0.618 bits per heavy atom. The van der Waals surface area contributed by atoms with Crippen molar-refractivity contribution in [3.63, 3.8) is 0 Å². The maximum Gasteiger partial charge on any atom is 0.257 e. The van der Waals surface area contributed by atoms with Crippen molar-refractivity contribution in [2.45, 2.75) is 0 Å². The van der Waals surface area contributed by atoms with Crippen LogP contribution in [0, 0.1) is 0 Å². The van der Waals surface area contributed by atoms with Gasteiger partial charge in [-0.3, -0.25) is 19.3 Å². The molecule has 4 aromatic carbocycles. The van der Waals surface area contributed by atoms with Crippen molar-refractivity contribution < 1.29 is 9.59 Å². The maximum atomic E-state index is 13.1. The van der Waals surface area contributed by atoms with E-state index in [2.05, 4.69) is 5.32 Å². The van der Waals surface area contributed by atoms with Crippen molar-refractivity contribution in [1.82, 2.24) is 14.4 Å². The number of amides is 1. The smallest absolute Gasteiger partial charge is 0.257 e. The molecule has 2 aromatic heterocycles. The third-order valence-corrected chi connectivity index (χ3v) is 5.81. The summed E-state index contributed by atoms with van der Waals surface area (Å²) < 4.78 is 1.86. The lowest BCUT2D eigenvalue weighted by Gasteiger charge is -2.10. The fourth-order valence-electron chi connectivity index (χ4n) is 4.13. The molecule has 2 heterocycles. The molecule has 0 spiro atoms. The number of benzene rings is 4. The molecule has 6 aromatic rings. The van der Waals surface area contributed by atoms with Gasteiger partial charge in [0.15, 0.2) is 5.78 Å². The number of anilines is 1. The summed E-state index contributed by atoms with van der Waals surface area (Å²) in [4.78, 5) is 35.3. The Hall–Kier alpha value is -4.84. The molecular weight excluding hydrogens is 424 g/mol. The lowest BCUT2D eigenvalue weighted by molar-refractivity contribution is 0.101. The number of nitrogens with one attached hydrogen (secondary N) is 1. The Balaban J connectivity index is 1.38. The lowest BCUT2D eigenvalue weighted by Crippen LogP contribution is -2.16. The van der Waals surface area contributed by atoms with E-state index in [-0.39, 0.29) is 11.7 Å². The van der Waals surface area contributed by atoms with Crippen molar-refractivity contribution in [3.8, 4) is 0 Å². The minimum absolute atomic E-state index is 0.0876. The number of aromatic nitrogens is 3. The van der Waals surface area contributed by atoms with Crippen molar-refractivity contribution in [2.75, 3.05) is 5.32 Å². The molecule has 0 bridgehead atoms. The van der Waals surface area contributed by atoms with Crippen LogP contribution < -0.4 is 5.32 Å². The molecule has 34 heavy (non-hydrogen) atoms. The standard InChI is InChI=1S/C28H18N4O2/c33-25(18-8-2-1-3-9-18)19-14-16-20(17-15-19)27(34)31-28-30-22-11-5-4-10-21(22)26-29-23-12-6-7-13-24(23)32(26)28/h1-17H,(H,30,31,34). The second kappa shape index (κ2) is 7.94. The predicted molar refractivity (Wildman–Crippen MR) is 132 cm³/mol. The number of para-hydroxylation sites is 3. The number of nitrogens with zero attached hydrogens (tertiary/aromatic N) is 3. The molecule has 1 N–H and O–H groups in total. The van der Waals surface area contributed by atoms with Gasteiger partial charge in [-0.05, 0) is 36.4 Å². The predicted octanol–water partition coefficient (Wildman–Crippen LogP) is 5.52. The van der Waals surface area contributed by atoms with E-state index in [1.54, 1.807) is 36.4 Å². The fourth-order valence-corrected chi connectivity index (χ4v) is 4.13. The number of hydrogen-bond acceptors (Lipinski definition) is 4. The highest BCUT2D eigenvalue weighted by Crippen LogP contribution is 2.27. The molecule has 6 nitrogen and oxygen atoms in total. The molecule has 6 rings (SSSR count). The minimum Gasteiger partial charge on any atom is -0.291 e. The van der Waals surface area contributed by atoms with Crippen molar-refractivity contribution >= 4 is 45.2 Å².